The number of nitrogens with zero attached hydrogens (tertiary/aromatic N) is 1. The summed E-state index contributed by atoms with van der Waals surface area (Å²) in [7, 11) is -1.33. The molecule has 0 heterocycles. The molecule has 0 radical (unpaired) electrons. The van der Waals surface area contributed by atoms with Gasteiger partial charge in [0.1, 0.15) is 0 Å². The van der Waals surface area contributed by atoms with Gasteiger partial charge >= 0.3 is 0 Å². The van der Waals surface area contributed by atoms with Crippen LogP contribution in [0.1, 0.15) is 45.1 Å². The summed E-state index contributed by atoms with van der Waals surface area (Å²) in [6.45, 7) is 5.40. The second-order valence-electron chi connectivity index (χ2n) is 7.67. The lowest BCUT2D eigenvalue weighted by molar-refractivity contribution is 0.250. The first-order valence-electron chi connectivity index (χ1n) is 9.55. The van der Waals surface area contributed by atoms with E-state index >= 15 is 0 Å². The molecular weight excluding hydrogens is 346 g/mol. The Morgan fingerprint density at radius 3 is 2.27 bits per heavy atom. The SMILES string of the molecule is CN=C(NCCc1ccc(S(C)(=O)=O)cc1)NC1CCC(C(C)C)CC1. The van der Waals surface area contributed by atoms with E-state index in [-0.39, 0.29) is 0 Å². The van der Waals surface area contributed by atoms with E-state index in [9.17, 15) is 8.42 Å². The van der Waals surface area contributed by atoms with Crippen molar-refractivity contribution < 1.29 is 8.42 Å². The van der Waals surface area contributed by atoms with Gasteiger partial charge in [-0.1, -0.05) is 26.0 Å². The Labute approximate surface area is 158 Å². The van der Waals surface area contributed by atoms with Crippen molar-refractivity contribution in [2.45, 2.75) is 56.9 Å². The Hall–Kier alpha value is -1.56. The second kappa shape index (κ2) is 9.40. The van der Waals surface area contributed by atoms with Gasteiger partial charge in [0.2, 0.25) is 0 Å². The first-order valence-corrected chi connectivity index (χ1v) is 11.4. The maximum Gasteiger partial charge on any atom is 0.191 e. The van der Waals surface area contributed by atoms with Crippen molar-refractivity contribution in [2.24, 2.45) is 16.8 Å². The van der Waals surface area contributed by atoms with Crippen molar-refractivity contribution in [2.75, 3.05) is 19.8 Å². The molecule has 1 fully saturated rings. The zero-order chi connectivity index (χ0) is 19.2. The fourth-order valence-electron chi connectivity index (χ4n) is 3.55. The highest BCUT2D eigenvalue weighted by atomic mass is 32.2. The fourth-order valence-corrected chi connectivity index (χ4v) is 4.18. The molecule has 2 rings (SSSR count). The molecule has 0 saturated heterocycles. The standard InChI is InChI=1S/C20H33N3O2S/c1-15(2)17-7-9-18(10-8-17)23-20(21-3)22-14-13-16-5-11-19(12-6-16)26(4,24)25/h5-6,11-12,15,17-18H,7-10,13-14H2,1-4H3,(H2,21,22,23). The van der Waals surface area contributed by atoms with E-state index in [1.807, 2.05) is 12.1 Å². The van der Waals surface area contributed by atoms with E-state index in [4.69, 9.17) is 0 Å². The van der Waals surface area contributed by atoms with Crippen molar-refractivity contribution >= 4 is 15.8 Å². The first kappa shape index (κ1) is 20.7. The highest BCUT2D eigenvalue weighted by molar-refractivity contribution is 7.90. The molecule has 1 aliphatic carbocycles. The fraction of sp³-hybridized carbons (Fsp3) is 0.650. The summed E-state index contributed by atoms with van der Waals surface area (Å²) in [5, 5.41) is 6.90. The lowest BCUT2D eigenvalue weighted by atomic mass is 9.80. The molecule has 26 heavy (non-hydrogen) atoms. The van der Waals surface area contributed by atoms with E-state index in [0.29, 0.717) is 10.9 Å². The molecule has 2 N–H and O–H groups in total. The van der Waals surface area contributed by atoms with Gasteiger partial charge in [-0.2, -0.15) is 0 Å². The van der Waals surface area contributed by atoms with Crippen LogP contribution in [0.15, 0.2) is 34.2 Å². The van der Waals surface area contributed by atoms with Crippen molar-refractivity contribution in [3.63, 3.8) is 0 Å². The van der Waals surface area contributed by atoms with Gasteiger partial charge in [0, 0.05) is 25.9 Å². The predicted molar refractivity (Wildman–Crippen MR) is 108 cm³/mol. The average molecular weight is 380 g/mol. The predicted octanol–water partition coefficient (Wildman–Crippen LogP) is 3.01. The van der Waals surface area contributed by atoms with E-state index in [2.05, 4.69) is 29.5 Å². The Kier molecular flexibility index (Phi) is 7.50. The monoisotopic (exact) mass is 379 g/mol. The molecule has 146 valence electrons. The molecule has 0 spiro atoms. The van der Waals surface area contributed by atoms with Gasteiger partial charge in [-0.15, -0.1) is 0 Å². The number of rotatable bonds is 6. The van der Waals surface area contributed by atoms with Crippen LogP contribution in [0, 0.1) is 11.8 Å². The van der Waals surface area contributed by atoms with Crippen LogP contribution >= 0.6 is 0 Å². The summed E-state index contributed by atoms with van der Waals surface area (Å²) >= 11 is 0. The zero-order valence-corrected chi connectivity index (χ0v) is 17.3. The quantitative estimate of drug-likeness (QED) is 0.589. The van der Waals surface area contributed by atoms with Crippen LogP contribution in [-0.2, 0) is 16.3 Å². The third kappa shape index (κ3) is 6.31. The number of sulfone groups is 1. The molecule has 0 unspecified atom stereocenters. The lowest BCUT2D eigenvalue weighted by Gasteiger charge is -2.32. The van der Waals surface area contributed by atoms with Crippen molar-refractivity contribution in [1.82, 2.24) is 10.6 Å². The number of hydrogen-bond acceptors (Lipinski definition) is 3. The molecule has 5 nitrogen and oxygen atoms in total. The Bertz CT molecular complexity index is 688. The lowest BCUT2D eigenvalue weighted by Crippen LogP contribution is -2.45. The highest BCUT2D eigenvalue weighted by Crippen LogP contribution is 2.29. The van der Waals surface area contributed by atoms with Crippen LogP contribution in [-0.4, -0.2) is 40.3 Å². The van der Waals surface area contributed by atoms with Crippen molar-refractivity contribution in [1.29, 1.82) is 0 Å². The summed E-state index contributed by atoms with van der Waals surface area (Å²) in [5.41, 5.74) is 1.11. The smallest absolute Gasteiger partial charge is 0.191 e. The molecule has 0 aromatic heterocycles. The largest absolute Gasteiger partial charge is 0.356 e. The minimum atomic E-state index is -3.13. The summed E-state index contributed by atoms with van der Waals surface area (Å²) in [5.74, 6) is 2.49. The van der Waals surface area contributed by atoms with Gasteiger partial charge in [-0.05, 0) is 61.6 Å². The Morgan fingerprint density at radius 2 is 1.77 bits per heavy atom. The maximum atomic E-state index is 11.5. The Morgan fingerprint density at radius 1 is 1.15 bits per heavy atom. The van der Waals surface area contributed by atoms with E-state index in [0.717, 1.165) is 36.3 Å². The molecule has 0 bridgehead atoms. The summed E-state index contributed by atoms with van der Waals surface area (Å²) in [6.07, 6.45) is 7.05. The van der Waals surface area contributed by atoms with Gasteiger partial charge in [0.15, 0.2) is 15.8 Å². The van der Waals surface area contributed by atoms with Crippen LogP contribution in [0.3, 0.4) is 0 Å². The van der Waals surface area contributed by atoms with Crippen LogP contribution in [0.5, 0.6) is 0 Å². The second-order valence-corrected chi connectivity index (χ2v) is 9.68. The van der Waals surface area contributed by atoms with Gasteiger partial charge in [0.05, 0.1) is 4.90 Å². The maximum absolute atomic E-state index is 11.5. The van der Waals surface area contributed by atoms with Crippen molar-refractivity contribution in [3.05, 3.63) is 29.8 Å². The molecule has 1 aromatic carbocycles. The van der Waals surface area contributed by atoms with Gasteiger partial charge in [-0.25, -0.2) is 8.42 Å². The van der Waals surface area contributed by atoms with Gasteiger partial charge in [0.25, 0.3) is 0 Å². The van der Waals surface area contributed by atoms with E-state index in [1.165, 1.54) is 31.9 Å². The third-order valence-electron chi connectivity index (χ3n) is 5.34. The van der Waals surface area contributed by atoms with Crippen molar-refractivity contribution in [3.8, 4) is 0 Å². The number of guanidine groups is 1. The summed E-state index contributed by atoms with van der Waals surface area (Å²) < 4.78 is 23.0. The minimum absolute atomic E-state index is 0.365. The molecule has 6 heteroatoms. The number of hydrogen-bond donors (Lipinski definition) is 2. The topological polar surface area (TPSA) is 70.6 Å². The van der Waals surface area contributed by atoms with E-state index in [1.54, 1.807) is 19.2 Å². The van der Waals surface area contributed by atoms with Crippen LogP contribution in [0.2, 0.25) is 0 Å². The molecule has 1 saturated carbocycles. The molecule has 0 amide bonds. The summed E-state index contributed by atoms with van der Waals surface area (Å²) in [4.78, 5) is 4.69. The zero-order valence-electron chi connectivity index (χ0n) is 16.5. The van der Waals surface area contributed by atoms with E-state index < -0.39 is 9.84 Å². The number of benzene rings is 1. The molecule has 1 aliphatic rings. The molecule has 0 aliphatic heterocycles. The van der Waals surface area contributed by atoms with Gasteiger partial charge in [-0.3, -0.25) is 4.99 Å². The normalized spacial score (nSPS) is 21.7. The van der Waals surface area contributed by atoms with Crippen LogP contribution < -0.4 is 10.6 Å². The Balaban J connectivity index is 1.76. The molecule has 1 aromatic rings. The summed E-state index contributed by atoms with van der Waals surface area (Å²) in [6, 6.07) is 7.60. The highest BCUT2D eigenvalue weighted by Gasteiger charge is 2.23. The first-order chi connectivity index (χ1) is 12.3. The van der Waals surface area contributed by atoms with Crippen LogP contribution in [0.4, 0.5) is 0 Å². The van der Waals surface area contributed by atoms with Gasteiger partial charge < -0.3 is 10.6 Å². The molecule has 0 atom stereocenters. The number of nitrogens with one attached hydrogen (secondary N) is 2. The minimum Gasteiger partial charge on any atom is -0.356 e. The third-order valence-corrected chi connectivity index (χ3v) is 6.47. The van der Waals surface area contributed by atoms with Crippen LogP contribution in [0.25, 0.3) is 0 Å². The average Bonchev–Trinajstić information content (AvgIpc) is 2.61. The number of aliphatic imine (C=N–C) groups is 1. The molecular formula is C20H33N3O2S.